The van der Waals surface area contributed by atoms with Crippen molar-refractivity contribution in [2.75, 3.05) is 0 Å². The molecule has 0 spiro atoms. The summed E-state index contributed by atoms with van der Waals surface area (Å²) < 4.78 is 0.997. The summed E-state index contributed by atoms with van der Waals surface area (Å²) in [6.07, 6.45) is 0.984. The van der Waals surface area contributed by atoms with E-state index in [9.17, 15) is 14.4 Å². The molecule has 25 heavy (non-hydrogen) atoms. The minimum absolute atomic E-state index is 0.176. The molecule has 1 heterocycles. The van der Waals surface area contributed by atoms with Crippen LogP contribution in [0.2, 0.25) is 10.0 Å². The molecule has 0 unspecified atom stereocenters. The van der Waals surface area contributed by atoms with Crippen molar-refractivity contribution in [3.63, 3.8) is 0 Å². The number of hydrogen-bond acceptors (Lipinski definition) is 4. The van der Waals surface area contributed by atoms with Crippen molar-refractivity contribution in [1.82, 2.24) is 14.8 Å². The van der Waals surface area contributed by atoms with Crippen LogP contribution in [0, 0.1) is 6.92 Å². The van der Waals surface area contributed by atoms with Gasteiger partial charge in [-0.05, 0) is 48.9 Å². The van der Waals surface area contributed by atoms with E-state index in [0.29, 0.717) is 27.4 Å². The van der Waals surface area contributed by atoms with Crippen molar-refractivity contribution in [2.45, 2.75) is 6.92 Å². The van der Waals surface area contributed by atoms with E-state index in [1.54, 1.807) is 37.3 Å². The van der Waals surface area contributed by atoms with Crippen molar-refractivity contribution < 1.29 is 4.79 Å². The summed E-state index contributed by atoms with van der Waals surface area (Å²) in [5.41, 5.74) is 0.392. The number of ketones is 1. The average molecular weight is 376 g/mol. The first kappa shape index (κ1) is 17.1. The molecule has 6 nitrogen and oxygen atoms in total. The maximum atomic E-state index is 12.7. The predicted molar refractivity (Wildman–Crippen MR) is 95.1 cm³/mol. The van der Waals surface area contributed by atoms with Crippen LogP contribution in [-0.2, 0) is 0 Å². The van der Waals surface area contributed by atoms with Crippen molar-refractivity contribution in [1.29, 1.82) is 0 Å². The Morgan fingerprint density at radius 1 is 1.12 bits per heavy atom. The van der Waals surface area contributed by atoms with Crippen molar-refractivity contribution in [2.24, 2.45) is 0 Å². The number of carbonyl (C=O) groups is 1. The lowest BCUT2D eigenvalue weighted by Gasteiger charge is -2.11. The molecule has 8 heteroatoms. The average Bonchev–Trinajstić information content (AvgIpc) is 2.54. The zero-order chi connectivity index (χ0) is 18.1. The Labute approximate surface area is 151 Å². The molecule has 0 bridgehead atoms. The van der Waals surface area contributed by atoms with Crippen molar-refractivity contribution >= 4 is 29.0 Å². The van der Waals surface area contributed by atoms with E-state index >= 15 is 0 Å². The van der Waals surface area contributed by atoms with Gasteiger partial charge in [-0.25, -0.2) is 4.79 Å². The van der Waals surface area contributed by atoms with Crippen LogP contribution in [0.5, 0.6) is 0 Å². The fraction of sp³-hybridized carbons (Fsp3) is 0.0588. The first-order valence-corrected chi connectivity index (χ1v) is 7.92. The summed E-state index contributed by atoms with van der Waals surface area (Å²) in [4.78, 5) is 37.8. The van der Waals surface area contributed by atoms with Crippen LogP contribution < -0.4 is 11.2 Å². The van der Waals surface area contributed by atoms with Crippen molar-refractivity contribution in [3.8, 4) is 5.69 Å². The molecule has 0 aliphatic carbocycles. The minimum Gasteiger partial charge on any atom is -0.289 e. The fourth-order valence-corrected chi connectivity index (χ4v) is 2.89. The highest BCUT2D eigenvalue weighted by molar-refractivity contribution is 6.35. The second-order valence-electron chi connectivity index (χ2n) is 5.31. The van der Waals surface area contributed by atoms with Crippen LogP contribution in [0.1, 0.15) is 21.5 Å². The third-order valence-electron chi connectivity index (χ3n) is 3.56. The molecule has 1 N–H and O–H groups in total. The highest BCUT2D eigenvalue weighted by Crippen LogP contribution is 2.26. The molecule has 0 fully saturated rings. The smallest absolute Gasteiger partial charge is 0.289 e. The van der Waals surface area contributed by atoms with Crippen LogP contribution in [-0.4, -0.2) is 20.5 Å². The van der Waals surface area contributed by atoms with Gasteiger partial charge >= 0.3 is 5.69 Å². The fourth-order valence-electron chi connectivity index (χ4n) is 2.42. The normalized spacial score (nSPS) is 10.7. The Kier molecular flexibility index (Phi) is 4.57. The number of nitrogens with zero attached hydrogens (tertiary/aromatic N) is 2. The molecule has 0 atom stereocenters. The van der Waals surface area contributed by atoms with Crippen LogP contribution in [0.15, 0.2) is 52.2 Å². The summed E-state index contributed by atoms with van der Waals surface area (Å²) in [7, 11) is 0. The Morgan fingerprint density at radius 3 is 2.40 bits per heavy atom. The molecule has 0 radical (unpaired) electrons. The molecule has 2 aromatic carbocycles. The lowest BCUT2D eigenvalue weighted by Crippen LogP contribution is -2.30. The first-order valence-electron chi connectivity index (χ1n) is 7.16. The lowest BCUT2D eigenvalue weighted by atomic mass is 9.98. The maximum Gasteiger partial charge on any atom is 0.349 e. The van der Waals surface area contributed by atoms with E-state index in [-0.39, 0.29) is 10.8 Å². The Morgan fingerprint density at radius 2 is 1.80 bits per heavy atom. The molecule has 0 saturated heterocycles. The number of benzene rings is 2. The summed E-state index contributed by atoms with van der Waals surface area (Å²) in [6.45, 7) is 1.70. The predicted octanol–water partition coefficient (Wildman–Crippen LogP) is 2.77. The van der Waals surface area contributed by atoms with Gasteiger partial charge in [0.15, 0.2) is 5.78 Å². The van der Waals surface area contributed by atoms with Gasteiger partial charge in [-0.2, -0.15) is 9.78 Å². The molecule has 1 aromatic heterocycles. The van der Waals surface area contributed by atoms with Crippen LogP contribution in [0.4, 0.5) is 0 Å². The summed E-state index contributed by atoms with van der Waals surface area (Å²) in [5, 5.41) is 4.48. The Balaban J connectivity index is 2.09. The molecule has 0 aliphatic heterocycles. The van der Waals surface area contributed by atoms with Gasteiger partial charge in [-0.3, -0.25) is 14.6 Å². The third kappa shape index (κ3) is 3.40. The largest absolute Gasteiger partial charge is 0.349 e. The van der Waals surface area contributed by atoms with Gasteiger partial charge in [0.05, 0.1) is 10.7 Å². The molecular weight excluding hydrogens is 365 g/mol. The summed E-state index contributed by atoms with van der Waals surface area (Å²) in [6, 6.07) is 9.52. The second-order valence-corrected chi connectivity index (χ2v) is 6.15. The SMILES string of the molecule is Cc1cc(-n2ncc(=O)[nH]c2=O)cc(Cl)c1C(=O)c1ccc(Cl)cc1. The number of aryl methyl sites for hydroxylation is 1. The van der Waals surface area contributed by atoms with E-state index in [2.05, 4.69) is 10.1 Å². The molecule has 0 amide bonds. The zero-order valence-corrected chi connectivity index (χ0v) is 14.4. The lowest BCUT2D eigenvalue weighted by molar-refractivity contribution is 0.103. The maximum absolute atomic E-state index is 12.7. The molecule has 126 valence electrons. The van der Waals surface area contributed by atoms with Gasteiger partial charge in [0.2, 0.25) is 0 Å². The third-order valence-corrected chi connectivity index (χ3v) is 4.11. The summed E-state index contributed by atoms with van der Waals surface area (Å²) >= 11 is 12.1. The van der Waals surface area contributed by atoms with Gasteiger partial charge < -0.3 is 0 Å². The van der Waals surface area contributed by atoms with Crippen LogP contribution in [0.25, 0.3) is 5.69 Å². The molecule has 3 rings (SSSR count). The van der Waals surface area contributed by atoms with Crippen LogP contribution in [0.3, 0.4) is 0 Å². The minimum atomic E-state index is -0.695. The Bertz CT molecular complexity index is 1060. The second kappa shape index (κ2) is 6.66. The van der Waals surface area contributed by atoms with Gasteiger partial charge in [-0.1, -0.05) is 23.2 Å². The molecule has 0 saturated carbocycles. The van der Waals surface area contributed by atoms with Crippen LogP contribution >= 0.6 is 23.2 Å². The summed E-state index contributed by atoms with van der Waals surface area (Å²) in [5.74, 6) is -0.257. The van der Waals surface area contributed by atoms with Gasteiger partial charge in [0.1, 0.15) is 6.20 Å². The number of carbonyl (C=O) groups excluding carboxylic acids is 1. The quantitative estimate of drug-likeness (QED) is 0.713. The van der Waals surface area contributed by atoms with Gasteiger partial charge in [0, 0.05) is 16.1 Å². The van der Waals surface area contributed by atoms with E-state index in [0.717, 1.165) is 10.9 Å². The molecular formula is C17H11Cl2N3O3. The zero-order valence-electron chi connectivity index (χ0n) is 12.9. The number of nitrogens with one attached hydrogen (secondary N) is 1. The van der Waals surface area contributed by atoms with E-state index < -0.39 is 11.2 Å². The molecule has 3 aromatic rings. The van der Waals surface area contributed by atoms with Gasteiger partial charge in [-0.15, -0.1) is 0 Å². The topological polar surface area (TPSA) is 84.8 Å². The Hall–Kier alpha value is -2.70. The van der Waals surface area contributed by atoms with Gasteiger partial charge in [0.25, 0.3) is 5.56 Å². The number of hydrogen-bond donors (Lipinski definition) is 1. The highest BCUT2D eigenvalue weighted by atomic mass is 35.5. The van der Waals surface area contributed by atoms with E-state index in [1.807, 2.05) is 0 Å². The number of rotatable bonds is 3. The van der Waals surface area contributed by atoms with E-state index in [4.69, 9.17) is 23.2 Å². The first-order chi connectivity index (χ1) is 11.9. The van der Waals surface area contributed by atoms with E-state index in [1.165, 1.54) is 6.07 Å². The highest BCUT2D eigenvalue weighted by Gasteiger charge is 2.18. The number of H-pyrrole nitrogens is 1. The van der Waals surface area contributed by atoms with Crippen molar-refractivity contribution in [3.05, 3.63) is 90.2 Å². The monoisotopic (exact) mass is 375 g/mol. The number of aromatic amines is 1. The molecule has 0 aliphatic rings. The number of aromatic nitrogens is 3. The number of halogens is 2. The standard InChI is InChI=1S/C17H11Cl2N3O3/c1-9-6-12(22-17(25)21-14(23)8-20-22)7-13(19)15(9)16(24)10-2-4-11(18)5-3-10/h2-8H,1H3,(H,21,23,25).